The van der Waals surface area contributed by atoms with E-state index >= 15 is 0 Å². The van der Waals surface area contributed by atoms with Crippen molar-refractivity contribution in [3.05, 3.63) is 18.2 Å². The predicted octanol–water partition coefficient (Wildman–Crippen LogP) is 3.08. The molecular weight excluding hydrogens is 200 g/mol. The Kier molecular flexibility index (Phi) is 4.03. The van der Waals surface area contributed by atoms with Gasteiger partial charge in [-0.15, -0.1) is 0 Å². The van der Waals surface area contributed by atoms with E-state index in [-0.39, 0.29) is 0 Å². The van der Waals surface area contributed by atoms with Gasteiger partial charge in [0, 0.05) is 12.6 Å². The summed E-state index contributed by atoms with van der Waals surface area (Å²) in [5.74, 6) is 2.64. The van der Waals surface area contributed by atoms with E-state index in [0.29, 0.717) is 12.5 Å². The van der Waals surface area contributed by atoms with E-state index in [9.17, 15) is 0 Å². The Morgan fingerprint density at radius 1 is 1.44 bits per heavy atom. The summed E-state index contributed by atoms with van der Waals surface area (Å²) < 4.78 is 5.35. The van der Waals surface area contributed by atoms with E-state index in [1.165, 1.54) is 25.7 Å². The summed E-state index contributed by atoms with van der Waals surface area (Å²) in [5.41, 5.74) is 0. The highest BCUT2D eigenvalue weighted by molar-refractivity contribution is 5.36. The normalized spacial score (nSPS) is 14.8. The molecule has 0 atom stereocenters. The van der Waals surface area contributed by atoms with Crippen molar-refractivity contribution >= 4 is 5.82 Å². The van der Waals surface area contributed by atoms with Crippen LogP contribution in [0.3, 0.4) is 0 Å². The molecule has 1 aromatic heterocycles. The van der Waals surface area contributed by atoms with E-state index in [1.54, 1.807) is 0 Å². The van der Waals surface area contributed by atoms with Crippen molar-refractivity contribution in [2.75, 3.05) is 18.5 Å². The molecule has 16 heavy (non-hydrogen) atoms. The molecule has 1 fully saturated rings. The summed E-state index contributed by atoms with van der Waals surface area (Å²) in [6.45, 7) is 3.65. The number of ether oxygens (including phenoxy) is 1. The summed E-state index contributed by atoms with van der Waals surface area (Å²) in [6.07, 6.45) is 5.49. The molecule has 1 aliphatic carbocycles. The molecule has 0 amide bonds. The van der Waals surface area contributed by atoms with E-state index in [0.717, 1.165) is 18.3 Å². The van der Waals surface area contributed by atoms with Gasteiger partial charge in [-0.3, -0.25) is 0 Å². The molecule has 0 aromatic carbocycles. The summed E-state index contributed by atoms with van der Waals surface area (Å²) in [7, 11) is 0. The first-order valence-electron chi connectivity index (χ1n) is 6.22. The monoisotopic (exact) mass is 220 g/mol. The highest BCUT2D eigenvalue weighted by Gasteiger charge is 2.19. The summed E-state index contributed by atoms with van der Waals surface area (Å²) in [6, 6.07) is 5.85. The molecule has 0 saturated heterocycles. The maximum atomic E-state index is 5.35. The SMILES string of the molecule is CCOc1cccc(NCCCC2CC2)n1. The summed E-state index contributed by atoms with van der Waals surface area (Å²) in [5, 5.41) is 3.34. The minimum Gasteiger partial charge on any atom is -0.478 e. The number of aromatic nitrogens is 1. The van der Waals surface area contributed by atoms with Gasteiger partial charge in [0.05, 0.1) is 6.61 Å². The van der Waals surface area contributed by atoms with E-state index < -0.39 is 0 Å². The first-order chi connectivity index (χ1) is 7.88. The van der Waals surface area contributed by atoms with Crippen LogP contribution in [0.1, 0.15) is 32.6 Å². The van der Waals surface area contributed by atoms with Crippen LogP contribution < -0.4 is 10.1 Å². The number of anilines is 1. The van der Waals surface area contributed by atoms with Gasteiger partial charge in [0.1, 0.15) is 5.82 Å². The van der Waals surface area contributed by atoms with Crippen molar-refractivity contribution in [2.24, 2.45) is 5.92 Å². The minimum absolute atomic E-state index is 0.665. The van der Waals surface area contributed by atoms with Crippen molar-refractivity contribution in [3.8, 4) is 5.88 Å². The molecule has 0 radical (unpaired) electrons. The Bertz CT molecular complexity index is 323. The average molecular weight is 220 g/mol. The van der Waals surface area contributed by atoms with Gasteiger partial charge in [-0.2, -0.15) is 4.98 Å². The van der Waals surface area contributed by atoms with Gasteiger partial charge in [-0.25, -0.2) is 0 Å². The largest absolute Gasteiger partial charge is 0.478 e. The predicted molar refractivity (Wildman–Crippen MR) is 65.9 cm³/mol. The van der Waals surface area contributed by atoms with Crippen LogP contribution in [0.2, 0.25) is 0 Å². The third kappa shape index (κ3) is 3.72. The van der Waals surface area contributed by atoms with Gasteiger partial charge in [-0.05, 0) is 31.7 Å². The highest BCUT2D eigenvalue weighted by Crippen LogP contribution is 2.33. The zero-order chi connectivity index (χ0) is 11.2. The Morgan fingerprint density at radius 3 is 3.06 bits per heavy atom. The molecule has 3 heteroatoms. The fourth-order valence-corrected chi connectivity index (χ4v) is 1.76. The molecule has 2 rings (SSSR count). The summed E-state index contributed by atoms with van der Waals surface area (Å²) >= 11 is 0. The van der Waals surface area contributed by atoms with Crippen LogP contribution in [0.5, 0.6) is 5.88 Å². The molecular formula is C13H20N2O. The summed E-state index contributed by atoms with van der Waals surface area (Å²) in [4.78, 5) is 4.36. The van der Waals surface area contributed by atoms with Gasteiger partial charge in [0.2, 0.25) is 5.88 Å². The maximum Gasteiger partial charge on any atom is 0.215 e. The second kappa shape index (κ2) is 5.73. The standard InChI is InChI=1S/C13H20N2O/c1-2-16-13-7-3-6-12(15-13)14-10-4-5-11-8-9-11/h3,6-7,11H,2,4-5,8-10H2,1H3,(H,14,15). The quantitative estimate of drug-likeness (QED) is 0.717. The fourth-order valence-electron chi connectivity index (χ4n) is 1.76. The lowest BCUT2D eigenvalue weighted by atomic mass is 10.2. The average Bonchev–Trinajstić information content (AvgIpc) is 3.09. The van der Waals surface area contributed by atoms with Crippen LogP contribution in [0.25, 0.3) is 0 Å². The van der Waals surface area contributed by atoms with Crippen molar-refractivity contribution in [2.45, 2.75) is 32.6 Å². The molecule has 1 N–H and O–H groups in total. The number of hydrogen-bond donors (Lipinski definition) is 1. The Balaban J connectivity index is 1.71. The zero-order valence-corrected chi connectivity index (χ0v) is 9.91. The molecule has 88 valence electrons. The topological polar surface area (TPSA) is 34.1 Å². The van der Waals surface area contributed by atoms with Crippen LogP contribution >= 0.6 is 0 Å². The second-order valence-corrected chi connectivity index (χ2v) is 4.31. The van der Waals surface area contributed by atoms with Gasteiger partial charge in [-0.1, -0.05) is 18.9 Å². The van der Waals surface area contributed by atoms with Gasteiger partial charge in [0.15, 0.2) is 0 Å². The number of nitrogens with zero attached hydrogens (tertiary/aromatic N) is 1. The molecule has 0 unspecified atom stereocenters. The van der Waals surface area contributed by atoms with Crippen LogP contribution in [0, 0.1) is 5.92 Å². The molecule has 0 spiro atoms. The Morgan fingerprint density at radius 2 is 2.31 bits per heavy atom. The number of nitrogens with one attached hydrogen (secondary N) is 1. The number of rotatable bonds is 7. The number of hydrogen-bond acceptors (Lipinski definition) is 3. The van der Waals surface area contributed by atoms with Crippen LogP contribution in [-0.2, 0) is 0 Å². The lowest BCUT2D eigenvalue weighted by Crippen LogP contribution is -2.04. The first kappa shape index (κ1) is 11.2. The van der Waals surface area contributed by atoms with E-state index in [4.69, 9.17) is 4.74 Å². The smallest absolute Gasteiger partial charge is 0.215 e. The molecule has 1 aromatic rings. The van der Waals surface area contributed by atoms with Crippen molar-refractivity contribution in [1.29, 1.82) is 0 Å². The van der Waals surface area contributed by atoms with Crippen LogP contribution in [0.4, 0.5) is 5.82 Å². The Hall–Kier alpha value is -1.25. The molecule has 1 aliphatic rings. The van der Waals surface area contributed by atoms with E-state index in [2.05, 4.69) is 10.3 Å². The van der Waals surface area contributed by atoms with Crippen LogP contribution in [0.15, 0.2) is 18.2 Å². The lowest BCUT2D eigenvalue weighted by molar-refractivity contribution is 0.327. The molecule has 1 saturated carbocycles. The highest BCUT2D eigenvalue weighted by atomic mass is 16.5. The maximum absolute atomic E-state index is 5.35. The van der Waals surface area contributed by atoms with E-state index in [1.807, 2.05) is 25.1 Å². The Labute approximate surface area is 97.2 Å². The van der Waals surface area contributed by atoms with Gasteiger partial charge < -0.3 is 10.1 Å². The molecule has 0 bridgehead atoms. The first-order valence-corrected chi connectivity index (χ1v) is 6.22. The lowest BCUT2D eigenvalue weighted by Gasteiger charge is -2.07. The third-order valence-corrected chi connectivity index (χ3v) is 2.81. The van der Waals surface area contributed by atoms with Gasteiger partial charge in [0.25, 0.3) is 0 Å². The number of pyridine rings is 1. The molecule has 0 aliphatic heterocycles. The van der Waals surface area contributed by atoms with Crippen LogP contribution in [-0.4, -0.2) is 18.1 Å². The molecule has 1 heterocycles. The fraction of sp³-hybridized carbons (Fsp3) is 0.615. The van der Waals surface area contributed by atoms with Crippen molar-refractivity contribution in [3.63, 3.8) is 0 Å². The third-order valence-electron chi connectivity index (χ3n) is 2.81. The zero-order valence-electron chi connectivity index (χ0n) is 9.91. The minimum atomic E-state index is 0.665. The van der Waals surface area contributed by atoms with Gasteiger partial charge >= 0.3 is 0 Å². The van der Waals surface area contributed by atoms with Crippen molar-refractivity contribution < 1.29 is 4.74 Å². The van der Waals surface area contributed by atoms with Crippen molar-refractivity contribution in [1.82, 2.24) is 4.98 Å². The molecule has 3 nitrogen and oxygen atoms in total. The second-order valence-electron chi connectivity index (χ2n) is 4.31.